The Morgan fingerprint density at radius 2 is 2.33 bits per heavy atom. The molecule has 0 bridgehead atoms. The molecule has 1 aromatic heterocycles. The molecule has 0 fully saturated rings. The van der Waals surface area contributed by atoms with Crippen LogP contribution in [0.4, 0.5) is 4.39 Å². The van der Waals surface area contributed by atoms with E-state index in [-0.39, 0.29) is 17.5 Å². The summed E-state index contributed by atoms with van der Waals surface area (Å²) in [6.45, 7) is 4.81. The fraction of sp³-hybridized carbons (Fsp3) is 0.538. The van der Waals surface area contributed by atoms with Crippen LogP contribution >= 0.6 is 0 Å². The van der Waals surface area contributed by atoms with E-state index in [2.05, 4.69) is 4.98 Å². The van der Waals surface area contributed by atoms with Crippen molar-refractivity contribution in [1.29, 1.82) is 0 Å². The standard InChI is InChI=1S/C13H19FN2O2/c1-4-10(2)16(7-8-18-3)13(17)11-5-6-15-9-12(11)14/h5-6,9-10H,4,7-8H2,1-3H3. The Balaban J connectivity index is 2.91. The molecule has 5 heteroatoms. The lowest BCUT2D eigenvalue weighted by Crippen LogP contribution is -2.40. The number of aromatic nitrogens is 1. The van der Waals surface area contributed by atoms with Crippen molar-refractivity contribution >= 4 is 5.91 Å². The average Bonchev–Trinajstić information content (AvgIpc) is 2.39. The van der Waals surface area contributed by atoms with Crippen LogP contribution in [0.3, 0.4) is 0 Å². The molecule has 0 aliphatic heterocycles. The molecule has 0 aliphatic carbocycles. The summed E-state index contributed by atoms with van der Waals surface area (Å²) < 4.78 is 18.5. The van der Waals surface area contributed by atoms with E-state index in [4.69, 9.17) is 4.74 Å². The minimum atomic E-state index is -0.590. The lowest BCUT2D eigenvalue weighted by molar-refractivity contribution is 0.0609. The summed E-state index contributed by atoms with van der Waals surface area (Å²) in [5, 5.41) is 0. The second-order valence-corrected chi connectivity index (χ2v) is 4.10. The molecule has 0 aliphatic rings. The Bertz CT molecular complexity index is 398. The van der Waals surface area contributed by atoms with Gasteiger partial charge in [0.25, 0.3) is 5.91 Å². The Morgan fingerprint density at radius 3 is 2.89 bits per heavy atom. The number of pyridine rings is 1. The number of halogens is 1. The first kappa shape index (κ1) is 14.6. The molecular formula is C13H19FN2O2. The van der Waals surface area contributed by atoms with Gasteiger partial charge in [-0.05, 0) is 19.4 Å². The molecule has 1 atom stereocenters. The summed E-state index contributed by atoms with van der Waals surface area (Å²) in [6.07, 6.45) is 3.28. The van der Waals surface area contributed by atoms with Crippen LogP contribution < -0.4 is 0 Å². The van der Waals surface area contributed by atoms with E-state index in [0.29, 0.717) is 13.2 Å². The van der Waals surface area contributed by atoms with Crippen LogP contribution in [0.25, 0.3) is 0 Å². The van der Waals surface area contributed by atoms with Crippen molar-refractivity contribution in [1.82, 2.24) is 9.88 Å². The maximum atomic E-state index is 13.5. The number of methoxy groups -OCH3 is 1. The van der Waals surface area contributed by atoms with Crippen molar-refractivity contribution in [3.8, 4) is 0 Å². The second kappa shape index (κ2) is 7.06. The molecule has 100 valence electrons. The quantitative estimate of drug-likeness (QED) is 0.780. The molecule has 1 aromatic rings. The van der Waals surface area contributed by atoms with Gasteiger partial charge in [0.05, 0.1) is 18.4 Å². The summed E-state index contributed by atoms with van der Waals surface area (Å²) in [5.41, 5.74) is 0.0569. The van der Waals surface area contributed by atoms with Gasteiger partial charge in [-0.15, -0.1) is 0 Å². The van der Waals surface area contributed by atoms with Gasteiger partial charge in [0.1, 0.15) is 0 Å². The molecule has 0 N–H and O–H groups in total. The topological polar surface area (TPSA) is 42.4 Å². The van der Waals surface area contributed by atoms with E-state index in [0.717, 1.165) is 12.6 Å². The number of ether oxygens (including phenoxy) is 1. The van der Waals surface area contributed by atoms with E-state index < -0.39 is 5.82 Å². The lowest BCUT2D eigenvalue weighted by Gasteiger charge is -2.28. The lowest BCUT2D eigenvalue weighted by atomic mass is 10.1. The summed E-state index contributed by atoms with van der Waals surface area (Å²) in [7, 11) is 1.58. The molecule has 18 heavy (non-hydrogen) atoms. The van der Waals surface area contributed by atoms with Gasteiger partial charge in [-0.2, -0.15) is 0 Å². The number of carbonyl (C=O) groups excluding carboxylic acids is 1. The number of carbonyl (C=O) groups is 1. The Morgan fingerprint density at radius 1 is 1.61 bits per heavy atom. The molecule has 1 amide bonds. The first-order chi connectivity index (χ1) is 8.61. The number of hydrogen-bond acceptors (Lipinski definition) is 3. The van der Waals surface area contributed by atoms with E-state index in [1.54, 1.807) is 12.0 Å². The van der Waals surface area contributed by atoms with Gasteiger partial charge in [-0.25, -0.2) is 4.39 Å². The first-order valence-corrected chi connectivity index (χ1v) is 6.01. The summed E-state index contributed by atoms with van der Waals surface area (Å²) in [6, 6.07) is 1.44. The van der Waals surface area contributed by atoms with E-state index in [1.165, 1.54) is 12.3 Å². The second-order valence-electron chi connectivity index (χ2n) is 4.10. The fourth-order valence-electron chi connectivity index (χ4n) is 1.64. The Labute approximate surface area is 107 Å². The van der Waals surface area contributed by atoms with Crippen LogP contribution in [0, 0.1) is 5.82 Å². The van der Waals surface area contributed by atoms with Gasteiger partial charge in [0.15, 0.2) is 5.82 Å². The first-order valence-electron chi connectivity index (χ1n) is 6.01. The van der Waals surface area contributed by atoms with E-state index in [1.807, 2.05) is 13.8 Å². The minimum absolute atomic E-state index is 0.0419. The molecule has 4 nitrogen and oxygen atoms in total. The molecule has 1 rings (SSSR count). The van der Waals surface area contributed by atoms with Crippen molar-refractivity contribution in [3.05, 3.63) is 29.8 Å². The normalized spacial score (nSPS) is 12.2. The zero-order valence-electron chi connectivity index (χ0n) is 11.0. The molecule has 0 aromatic carbocycles. The Hall–Kier alpha value is -1.49. The van der Waals surface area contributed by atoms with Crippen LogP contribution in [-0.2, 0) is 4.74 Å². The molecule has 1 unspecified atom stereocenters. The third-order valence-electron chi connectivity index (χ3n) is 2.92. The largest absolute Gasteiger partial charge is 0.383 e. The smallest absolute Gasteiger partial charge is 0.257 e. The molecule has 0 radical (unpaired) electrons. The highest BCUT2D eigenvalue weighted by Gasteiger charge is 2.22. The molecular weight excluding hydrogens is 235 g/mol. The van der Waals surface area contributed by atoms with Gasteiger partial charge in [-0.3, -0.25) is 9.78 Å². The van der Waals surface area contributed by atoms with Gasteiger partial charge < -0.3 is 9.64 Å². The van der Waals surface area contributed by atoms with Crippen LogP contribution in [0.2, 0.25) is 0 Å². The third kappa shape index (κ3) is 3.50. The summed E-state index contributed by atoms with van der Waals surface area (Å²) in [5.74, 6) is -0.908. The highest BCUT2D eigenvalue weighted by molar-refractivity contribution is 5.94. The average molecular weight is 254 g/mol. The van der Waals surface area contributed by atoms with Crippen molar-refractivity contribution < 1.29 is 13.9 Å². The highest BCUT2D eigenvalue weighted by Crippen LogP contribution is 2.12. The maximum Gasteiger partial charge on any atom is 0.257 e. The molecule has 1 heterocycles. The number of nitrogens with zero attached hydrogens (tertiary/aromatic N) is 2. The molecule has 0 saturated carbocycles. The third-order valence-corrected chi connectivity index (χ3v) is 2.92. The zero-order chi connectivity index (χ0) is 13.5. The monoisotopic (exact) mass is 254 g/mol. The highest BCUT2D eigenvalue weighted by atomic mass is 19.1. The molecule has 0 spiro atoms. The predicted molar refractivity (Wildman–Crippen MR) is 66.9 cm³/mol. The van der Waals surface area contributed by atoms with Gasteiger partial charge in [0.2, 0.25) is 0 Å². The van der Waals surface area contributed by atoms with E-state index in [9.17, 15) is 9.18 Å². The van der Waals surface area contributed by atoms with E-state index >= 15 is 0 Å². The summed E-state index contributed by atoms with van der Waals surface area (Å²) in [4.78, 5) is 17.5. The molecule has 0 saturated heterocycles. The summed E-state index contributed by atoms with van der Waals surface area (Å²) >= 11 is 0. The predicted octanol–water partition coefficient (Wildman–Crippen LogP) is 2.11. The fourth-order valence-corrected chi connectivity index (χ4v) is 1.64. The van der Waals surface area contributed by atoms with Gasteiger partial charge >= 0.3 is 0 Å². The van der Waals surface area contributed by atoms with Crippen LogP contribution in [0.5, 0.6) is 0 Å². The zero-order valence-corrected chi connectivity index (χ0v) is 11.0. The van der Waals surface area contributed by atoms with Crippen LogP contribution in [0.1, 0.15) is 30.6 Å². The van der Waals surface area contributed by atoms with Crippen molar-refractivity contribution in [2.75, 3.05) is 20.3 Å². The SMILES string of the molecule is CCC(C)N(CCOC)C(=O)c1ccncc1F. The Kier molecular flexibility index (Phi) is 5.71. The van der Waals surface area contributed by atoms with Crippen molar-refractivity contribution in [3.63, 3.8) is 0 Å². The maximum absolute atomic E-state index is 13.5. The number of hydrogen-bond donors (Lipinski definition) is 0. The minimum Gasteiger partial charge on any atom is -0.383 e. The number of amides is 1. The van der Waals surface area contributed by atoms with Gasteiger partial charge in [-0.1, -0.05) is 6.92 Å². The van der Waals surface area contributed by atoms with Gasteiger partial charge in [0, 0.05) is 25.9 Å². The van der Waals surface area contributed by atoms with Crippen LogP contribution in [-0.4, -0.2) is 42.1 Å². The van der Waals surface area contributed by atoms with Crippen molar-refractivity contribution in [2.45, 2.75) is 26.3 Å². The van der Waals surface area contributed by atoms with Crippen molar-refractivity contribution in [2.24, 2.45) is 0 Å². The number of rotatable bonds is 6. The van der Waals surface area contributed by atoms with Crippen LogP contribution in [0.15, 0.2) is 18.5 Å².